The van der Waals surface area contributed by atoms with Crippen molar-refractivity contribution in [3.63, 3.8) is 0 Å². The Labute approximate surface area is 194 Å². The molecule has 33 heavy (non-hydrogen) atoms. The molecule has 1 saturated carbocycles. The first-order valence-electron chi connectivity index (χ1n) is 11.8. The maximum absolute atomic E-state index is 13.8. The van der Waals surface area contributed by atoms with Gasteiger partial charge in [-0.25, -0.2) is 12.7 Å². The summed E-state index contributed by atoms with van der Waals surface area (Å²) < 4.78 is 39.9. The Bertz CT molecular complexity index is 1270. The van der Waals surface area contributed by atoms with Gasteiger partial charge >= 0.3 is 0 Å². The van der Waals surface area contributed by atoms with Crippen molar-refractivity contribution in [3.05, 3.63) is 53.8 Å². The van der Waals surface area contributed by atoms with Gasteiger partial charge in [0.25, 0.3) is 10.0 Å². The van der Waals surface area contributed by atoms with Crippen LogP contribution < -0.4 is 9.04 Å². The Morgan fingerprint density at radius 2 is 1.70 bits per heavy atom. The number of aryl methyl sites for hydroxylation is 2. The van der Waals surface area contributed by atoms with E-state index in [1.807, 2.05) is 6.07 Å². The number of carbonyl (C=O) groups excluding carboxylic acids is 1. The van der Waals surface area contributed by atoms with Gasteiger partial charge in [0, 0.05) is 23.3 Å². The summed E-state index contributed by atoms with van der Waals surface area (Å²) >= 11 is 0. The van der Waals surface area contributed by atoms with E-state index >= 15 is 0 Å². The maximum Gasteiger partial charge on any atom is 0.270 e. The number of carbonyl (C=O) groups is 1. The number of amides is 1. The third kappa shape index (κ3) is 4.03. The zero-order valence-corrected chi connectivity index (χ0v) is 19.7. The summed E-state index contributed by atoms with van der Waals surface area (Å²) in [6.45, 7) is 0. The van der Waals surface area contributed by atoms with Crippen LogP contribution in [0.4, 0.5) is 5.69 Å². The lowest BCUT2D eigenvalue weighted by Crippen LogP contribution is -2.41. The smallest absolute Gasteiger partial charge is 0.270 e. The third-order valence-corrected chi connectivity index (χ3v) is 8.66. The largest absolute Gasteiger partial charge is 0.497 e. The molecule has 174 valence electrons. The van der Waals surface area contributed by atoms with Gasteiger partial charge in [0.2, 0.25) is 5.91 Å². The molecule has 1 amide bonds. The molecule has 0 aliphatic heterocycles. The predicted octanol–water partition coefficient (Wildman–Crippen LogP) is 5.62. The Balaban J connectivity index is 1.62. The average molecular weight is 468 g/mol. The normalized spacial score (nSPS) is 17.0. The second-order valence-electron chi connectivity index (χ2n) is 9.01. The summed E-state index contributed by atoms with van der Waals surface area (Å²) in [7, 11) is -2.57. The molecule has 1 fully saturated rings. The molecular formula is C26H29NO5S. The number of rotatable bonds is 5. The zero-order valence-electron chi connectivity index (χ0n) is 18.9. The zero-order chi connectivity index (χ0) is 23.0. The summed E-state index contributed by atoms with van der Waals surface area (Å²) in [5.74, 6) is 0.907. The molecule has 3 aromatic rings. The molecule has 0 atom stereocenters. The fourth-order valence-electron chi connectivity index (χ4n) is 5.13. The number of nitrogens with zero attached hydrogens (tertiary/aromatic N) is 1. The van der Waals surface area contributed by atoms with E-state index in [2.05, 4.69) is 0 Å². The number of sulfonamides is 1. The van der Waals surface area contributed by atoms with Crippen LogP contribution in [-0.2, 0) is 27.7 Å². The quantitative estimate of drug-likeness (QED) is 0.487. The first-order chi connectivity index (χ1) is 16.0. The highest BCUT2D eigenvalue weighted by molar-refractivity contribution is 7.93. The Morgan fingerprint density at radius 3 is 2.42 bits per heavy atom. The monoisotopic (exact) mass is 467 g/mol. The highest BCUT2D eigenvalue weighted by Gasteiger charge is 2.36. The number of fused-ring (bicyclic) bond motifs is 3. The molecule has 6 nitrogen and oxygen atoms in total. The van der Waals surface area contributed by atoms with Crippen LogP contribution in [0.1, 0.15) is 56.3 Å². The van der Waals surface area contributed by atoms with E-state index in [1.165, 1.54) is 19.2 Å². The van der Waals surface area contributed by atoms with E-state index in [1.54, 1.807) is 24.3 Å². The van der Waals surface area contributed by atoms with Crippen molar-refractivity contribution >= 4 is 32.6 Å². The summed E-state index contributed by atoms with van der Waals surface area (Å²) in [6.07, 6.45) is 8.40. The first kappa shape index (κ1) is 22.0. The van der Waals surface area contributed by atoms with Crippen molar-refractivity contribution in [2.24, 2.45) is 5.92 Å². The molecular weight excluding hydrogens is 438 g/mol. The SMILES string of the molecule is COc1ccc(S(=O)(=O)N(C(=O)C2CCCCC2)c2ccc3oc4c(c3c2)CCCC4)cc1. The summed E-state index contributed by atoms with van der Waals surface area (Å²) in [5.41, 5.74) is 2.27. The fourth-order valence-corrected chi connectivity index (χ4v) is 6.60. The van der Waals surface area contributed by atoms with E-state index < -0.39 is 10.0 Å². The van der Waals surface area contributed by atoms with E-state index in [0.29, 0.717) is 11.4 Å². The Kier molecular flexibility index (Phi) is 5.91. The van der Waals surface area contributed by atoms with Gasteiger partial charge in [0.15, 0.2) is 0 Å². The number of furan rings is 1. The number of methoxy groups -OCH3 is 1. The molecule has 2 aliphatic carbocycles. The lowest BCUT2D eigenvalue weighted by atomic mass is 9.88. The minimum atomic E-state index is -4.10. The van der Waals surface area contributed by atoms with E-state index in [-0.39, 0.29) is 16.7 Å². The topological polar surface area (TPSA) is 76.8 Å². The highest BCUT2D eigenvalue weighted by Crippen LogP contribution is 2.37. The van der Waals surface area contributed by atoms with Crippen LogP contribution in [0.25, 0.3) is 11.0 Å². The lowest BCUT2D eigenvalue weighted by molar-refractivity contribution is -0.122. The van der Waals surface area contributed by atoms with Crippen LogP contribution in [0.15, 0.2) is 51.8 Å². The molecule has 0 radical (unpaired) electrons. The minimum absolute atomic E-state index is 0.0711. The van der Waals surface area contributed by atoms with E-state index in [0.717, 1.165) is 84.4 Å². The number of anilines is 1. The third-order valence-electron chi connectivity index (χ3n) is 6.93. The van der Waals surface area contributed by atoms with Gasteiger partial charge < -0.3 is 9.15 Å². The molecule has 0 spiro atoms. The molecule has 0 unspecified atom stereocenters. The van der Waals surface area contributed by atoms with Crippen molar-refractivity contribution in [3.8, 4) is 5.75 Å². The van der Waals surface area contributed by atoms with Crippen LogP contribution in [-0.4, -0.2) is 21.4 Å². The van der Waals surface area contributed by atoms with Crippen LogP contribution in [0, 0.1) is 5.92 Å². The molecule has 5 rings (SSSR count). The van der Waals surface area contributed by atoms with Crippen molar-refractivity contribution < 1.29 is 22.4 Å². The van der Waals surface area contributed by atoms with Gasteiger partial charge in [0.05, 0.1) is 17.7 Å². The van der Waals surface area contributed by atoms with Crippen LogP contribution in [0.2, 0.25) is 0 Å². The van der Waals surface area contributed by atoms with Crippen LogP contribution >= 0.6 is 0 Å². The van der Waals surface area contributed by atoms with Gasteiger partial charge in [-0.2, -0.15) is 0 Å². The van der Waals surface area contributed by atoms with Gasteiger partial charge in [-0.1, -0.05) is 19.3 Å². The van der Waals surface area contributed by atoms with Crippen molar-refractivity contribution in [2.75, 3.05) is 11.4 Å². The molecule has 1 aromatic heterocycles. The first-order valence-corrected chi connectivity index (χ1v) is 13.2. The highest BCUT2D eigenvalue weighted by atomic mass is 32.2. The summed E-state index contributed by atoms with van der Waals surface area (Å²) in [6, 6.07) is 11.5. The fraction of sp³-hybridized carbons (Fsp3) is 0.423. The lowest BCUT2D eigenvalue weighted by Gasteiger charge is -2.29. The predicted molar refractivity (Wildman–Crippen MR) is 127 cm³/mol. The van der Waals surface area contributed by atoms with E-state index in [4.69, 9.17) is 9.15 Å². The van der Waals surface area contributed by atoms with Crippen LogP contribution in [0.5, 0.6) is 5.75 Å². The Morgan fingerprint density at radius 1 is 0.970 bits per heavy atom. The van der Waals surface area contributed by atoms with Gasteiger partial charge in [-0.05, 0) is 74.6 Å². The second-order valence-corrected chi connectivity index (χ2v) is 10.8. The molecule has 2 aliphatic rings. The van der Waals surface area contributed by atoms with Crippen LogP contribution in [0.3, 0.4) is 0 Å². The standard InChI is InChI=1S/C26H29NO5S/c1-31-20-12-14-21(15-13-20)33(29,30)27(26(28)18-7-3-2-4-8-18)19-11-16-25-23(17-19)22-9-5-6-10-24(22)32-25/h11-18H,2-10H2,1H3. The molecule has 1 heterocycles. The Hall–Kier alpha value is -2.80. The number of hydrogen-bond acceptors (Lipinski definition) is 5. The molecule has 0 bridgehead atoms. The average Bonchev–Trinajstić information content (AvgIpc) is 3.22. The van der Waals surface area contributed by atoms with Gasteiger partial charge in [0.1, 0.15) is 17.1 Å². The number of ether oxygens (including phenoxy) is 1. The maximum atomic E-state index is 13.8. The molecule has 2 aromatic carbocycles. The minimum Gasteiger partial charge on any atom is -0.497 e. The molecule has 0 N–H and O–H groups in total. The molecule has 7 heteroatoms. The second kappa shape index (κ2) is 8.86. The molecule has 0 saturated heterocycles. The number of hydrogen-bond donors (Lipinski definition) is 0. The van der Waals surface area contributed by atoms with Crippen molar-refractivity contribution in [1.29, 1.82) is 0 Å². The van der Waals surface area contributed by atoms with Gasteiger partial charge in [-0.3, -0.25) is 4.79 Å². The van der Waals surface area contributed by atoms with Gasteiger partial charge in [-0.15, -0.1) is 0 Å². The van der Waals surface area contributed by atoms with Crippen molar-refractivity contribution in [1.82, 2.24) is 0 Å². The van der Waals surface area contributed by atoms with E-state index in [9.17, 15) is 13.2 Å². The summed E-state index contributed by atoms with van der Waals surface area (Å²) in [5, 5.41) is 0.911. The number of benzene rings is 2. The summed E-state index contributed by atoms with van der Waals surface area (Å²) in [4.78, 5) is 13.8. The van der Waals surface area contributed by atoms with Crippen molar-refractivity contribution in [2.45, 2.75) is 62.7 Å².